The molecule has 3 N–H and O–H groups in total. The number of para-hydroxylation sites is 1. The van der Waals surface area contributed by atoms with Gasteiger partial charge in [0.2, 0.25) is 0 Å². The van der Waals surface area contributed by atoms with Crippen LogP contribution in [0.3, 0.4) is 0 Å². The molecule has 96 valence electrons. The van der Waals surface area contributed by atoms with Crippen molar-refractivity contribution in [1.82, 2.24) is 0 Å². The standard InChI is InChI=1S/C11H14F3NO2/c1-17-9-5-3-2-4-8(9)6-10(16,7-15)11(12,13)14/h2-5,16H,6-7,15H2,1H3. The van der Waals surface area contributed by atoms with Gasteiger partial charge in [-0.25, -0.2) is 0 Å². The Labute approximate surface area is 97.0 Å². The Bertz CT molecular complexity index is 381. The molecule has 0 spiro atoms. The molecule has 0 aliphatic carbocycles. The molecule has 1 rings (SSSR count). The van der Waals surface area contributed by atoms with E-state index in [9.17, 15) is 18.3 Å². The van der Waals surface area contributed by atoms with E-state index in [0.717, 1.165) is 0 Å². The summed E-state index contributed by atoms with van der Waals surface area (Å²) in [5.41, 5.74) is 2.36. The van der Waals surface area contributed by atoms with Gasteiger partial charge in [-0.15, -0.1) is 0 Å². The molecule has 0 heterocycles. The fourth-order valence-electron chi connectivity index (χ4n) is 1.45. The number of methoxy groups -OCH3 is 1. The number of alkyl halides is 3. The van der Waals surface area contributed by atoms with Crippen LogP contribution in [0.5, 0.6) is 5.75 Å². The molecule has 0 amide bonds. The maximum absolute atomic E-state index is 12.7. The first-order chi connectivity index (χ1) is 7.84. The molecule has 6 heteroatoms. The molecule has 0 saturated carbocycles. The second kappa shape index (κ2) is 4.93. The van der Waals surface area contributed by atoms with Crippen LogP contribution in [0.15, 0.2) is 24.3 Å². The monoisotopic (exact) mass is 249 g/mol. The molecule has 3 nitrogen and oxygen atoms in total. The van der Waals surface area contributed by atoms with Crippen LogP contribution in [0.4, 0.5) is 13.2 Å². The maximum atomic E-state index is 12.7. The number of benzene rings is 1. The molecular formula is C11H14F3NO2. The minimum Gasteiger partial charge on any atom is -0.496 e. The highest BCUT2D eigenvalue weighted by atomic mass is 19.4. The molecule has 0 fully saturated rings. The number of rotatable bonds is 4. The average molecular weight is 249 g/mol. The van der Waals surface area contributed by atoms with Crippen molar-refractivity contribution in [2.75, 3.05) is 13.7 Å². The molecule has 0 saturated heterocycles. The third-order valence-electron chi connectivity index (χ3n) is 2.54. The van der Waals surface area contributed by atoms with E-state index in [4.69, 9.17) is 10.5 Å². The molecule has 0 aliphatic rings. The number of halogens is 3. The molecule has 17 heavy (non-hydrogen) atoms. The zero-order chi connectivity index (χ0) is 13.1. The van der Waals surface area contributed by atoms with Gasteiger partial charge in [0, 0.05) is 13.0 Å². The van der Waals surface area contributed by atoms with Crippen LogP contribution in [0.25, 0.3) is 0 Å². The van der Waals surface area contributed by atoms with Gasteiger partial charge in [-0.3, -0.25) is 0 Å². The molecule has 1 aromatic rings. The van der Waals surface area contributed by atoms with Crippen LogP contribution in [0.1, 0.15) is 5.56 Å². The van der Waals surface area contributed by atoms with E-state index in [1.54, 1.807) is 12.1 Å². The van der Waals surface area contributed by atoms with Crippen LogP contribution in [0.2, 0.25) is 0 Å². The first-order valence-corrected chi connectivity index (χ1v) is 4.95. The van der Waals surface area contributed by atoms with E-state index in [1.165, 1.54) is 19.2 Å². The van der Waals surface area contributed by atoms with Gasteiger partial charge in [-0.2, -0.15) is 13.2 Å². The third kappa shape index (κ3) is 2.89. The molecule has 1 atom stereocenters. The Morgan fingerprint density at radius 3 is 2.35 bits per heavy atom. The van der Waals surface area contributed by atoms with Crippen molar-refractivity contribution in [3.8, 4) is 5.75 Å². The lowest BCUT2D eigenvalue weighted by Crippen LogP contribution is -2.52. The summed E-state index contributed by atoms with van der Waals surface area (Å²) in [6.45, 7) is -0.894. The van der Waals surface area contributed by atoms with Crippen LogP contribution >= 0.6 is 0 Å². The summed E-state index contributed by atoms with van der Waals surface area (Å²) in [6.07, 6.45) is -5.40. The lowest BCUT2D eigenvalue weighted by Gasteiger charge is -2.29. The largest absolute Gasteiger partial charge is 0.496 e. The zero-order valence-corrected chi connectivity index (χ0v) is 9.29. The molecule has 1 unspecified atom stereocenters. The molecular weight excluding hydrogens is 235 g/mol. The Morgan fingerprint density at radius 1 is 1.29 bits per heavy atom. The van der Waals surface area contributed by atoms with Gasteiger partial charge in [0.15, 0.2) is 5.60 Å². The lowest BCUT2D eigenvalue weighted by atomic mass is 9.93. The summed E-state index contributed by atoms with van der Waals surface area (Å²) in [5, 5.41) is 9.52. The predicted molar refractivity (Wildman–Crippen MR) is 56.8 cm³/mol. The van der Waals surface area contributed by atoms with Crippen LogP contribution in [-0.2, 0) is 6.42 Å². The second-order valence-corrected chi connectivity index (χ2v) is 3.72. The number of ether oxygens (including phenoxy) is 1. The van der Waals surface area contributed by atoms with E-state index < -0.39 is 24.7 Å². The van der Waals surface area contributed by atoms with Gasteiger partial charge in [-0.05, 0) is 11.6 Å². The Hall–Kier alpha value is -1.27. The van der Waals surface area contributed by atoms with Gasteiger partial charge in [-0.1, -0.05) is 18.2 Å². The van der Waals surface area contributed by atoms with Crippen molar-refractivity contribution in [1.29, 1.82) is 0 Å². The van der Waals surface area contributed by atoms with Gasteiger partial charge in [0.1, 0.15) is 5.75 Å². The zero-order valence-electron chi connectivity index (χ0n) is 9.29. The van der Waals surface area contributed by atoms with Crippen molar-refractivity contribution in [3.05, 3.63) is 29.8 Å². The molecule has 0 bridgehead atoms. The van der Waals surface area contributed by atoms with Gasteiger partial charge in [0.25, 0.3) is 0 Å². The van der Waals surface area contributed by atoms with Crippen molar-refractivity contribution >= 4 is 0 Å². The maximum Gasteiger partial charge on any atom is 0.418 e. The first kappa shape index (κ1) is 13.8. The topological polar surface area (TPSA) is 55.5 Å². The SMILES string of the molecule is COc1ccccc1CC(O)(CN)C(F)(F)F. The molecule has 0 aliphatic heterocycles. The summed E-state index contributed by atoms with van der Waals surface area (Å²) in [7, 11) is 1.36. The summed E-state index contributed by atoms with van der Waals surface area (Å²) in [6, 6.07) is 6.20. The van der Waals surface area contributed by atoms with Gasteiger partial charge >= 0.3 is 6.18 Å². The molecule has 1 aromatic carbocycles. The average Bonchev–Trinajstić information content (AvgIpc) is 2.28. The van der Waals surface area contributed by atoms with Gasteiger partial charge in [0.05, 0.1) is 7.11 Å². The molecule has 0 aromatic heterocycles. The highest BCUT2D eigenvalue weighted by Crippen LogP contribution is 2.34. The van der Waals surface area contributed by atoms with E-state index in [-0.39, 0.29) is 5.56 Å². The summed E-state index contributed by atoms with van der Waals surface area (Å²) in [4.78, 5) is 0. The number of nitrogens with two attached hydrogens (primary N) is 1. The Kier molecular flexibility index (Phi) is 4.00. The summed E-state index contributed by atoms with van der Waals surface area (Å²) in [5.74, 6) is 0.295. The first-order valence-electron chi connectivity index (χ1n) is 4.95. The second-order valence-electron chi connectivity index (χ2n) is 3.72. The van der Waals surface area contributed by atoms with E-state index in [2.05, 4.69) is 0 Å². The fraction of sp³-hybridized carbons (Fsp3) is 0.455. The highest BCUT2D eigenvalue weighted by Gasteiger charge is 2.52. The quantitative estimate of drug-likeness (QED) is 0.850. The van der Waals surface area contributed by atoms with E-state index >= 15 is 0 Å². The minimum absolute atomic E-state index is 0.264. The van der Waals surface area contributed by atoms with Crippen LogP contribution < -0.4 is 10.5 Å². The molecule has 0 radical (unpaired) electrons. The lowest BCUT2D eigenvalue weighted by molar-refractivity contribution is -0.255. The summed E-state index contributed by atoms with van der Waals surface area (Å²) < 4.78 is 42.9. The summed E-state index contributed by atoms with van der Waals surface area (Å²) >= 11 is 0. The third-order valence-corrected chi connectivity index (χ3v) is 2.54. The number of hydrogen-bond donors (Lipinski definition) is 2. The smallest absolute Gasteiger partial charge is 0.418 e. The van der Waals surface area contributed by atoms with Gasteiger partial charge < -0.3 is 15.6 Å². The predicted octanol–water partition coefficient (Wildman–Crippen LogP) is 1.49. The van der Waals surface area contributed by atoms with Crippen molar-refractivity contribution < 1.29 is 23.0 Å². The van der Waals surface area contributed by atoms with Crippen molar-refractivity contribution in [2.45, 2.75) is 18.2 Å². The highest BCUT2D eigenvalue weighted by molar-refractivity contribution is 5.34. The Morgan fingerprint density at radius 2 is 1.88 bits per heavy atom. The normalized spacial score (nSPS) is 15.4. The fourth-order valence-corrected chi connectivity index (χ4v) is 1.45. The van der Waals surface area contributed by atoms with E-state index in [0.29, 0.717) is 5.75 Å². The number of hydrogen-bond acceptors (Lipinski definition) is 3. The van der Waals surface area contributed by atoms with Crippen molar-refractivity contribution in [3.63, 3.8) is 0 Å². The number of aliphatic hydroxyl groups is 1. The Balaban J connectivity index is 3.03. The van der Waals surface area contributed by atoms with E-state index in [1.807, 2.05) is 0 Å². The van der Waals surface area contributed by atoms with Crippen LogP contribution in [0, 0.1) is 0 Å². The van der Waals surface area contributed by atoms with Crippen LogP contribution in [-0.4, -0.2) is 30.5 Å². The minimum atomic E-state index is -4.78. The van der Waals surface area contributed by atoms with Crippen molar-refractivity contribution in [2.24, 2.45) is 5.73 Å².